The maximum absolute atomic E-state index is 11.2. The van der Waals surface area contributed by atoms with Crippen molar-refractivity contribution >= 4 is 28.6 Å². The molecule has 0 atom stereocenters. The number of nitrogens with zero attached hydrogens (tertiary/aromatic N) is 3. The van der Waals surface area contributed by atoms with Crippen molar-refractivity contribution in [2.24, 2.45) is 0 Å². The third-order valence-electron chi connectivity index (χ3n) is 3.46. The van der Waals surface area contributed by atoms with Gasteiger partial charge in [-0.3, -0.25) is 0 Å². The SMILES string of the molecule is Nc1nc(N2CCCOCC2)c2cc(C(=O)O)ccc2n1. The summed E-state index contributed by atoms with van der Waals surface area (Å²) in [7, 11) is 0. The summed E-state index contributed by atoms with van der Waals surface area (Å²) in [6.07, 6.45) is 0.893. The van der Waals surface area contributed by atoms with Gasteiger partial charge < -0.3 is 20.5 Å². The Kier molecular flexibility index (Phi) is 3.57. The van der Waals surface area contributed by atoms with Crippen LogP contribution >= 0.6 is 0 Å². The Balaban J connectivity index is 2.14. The number of hydrogen-bond acceptors (Lipinski definition) is 6. The molecule has 2 heterocycles. The fourth-order valence-electron chi connectivity index (χ4n) is 2.46. The molecule has 1 fully saturated rings. The maximum Gasteiger partial charge on any atom is 0.335 e. The van der Waals surface area contributed by atoms with Crippen LogP contribution in [0.1, 0.15) is 16.8 Å². The van der Waals surface area contributed by atoms with Crippen LogP contribution in [0, 0.1) is 0 Å². The van der Waals surface area contributed by atoms with Crippen LogP contribution in [0.25, 0.3) is 10.9 Å². The van der Waals surface area contributed by atoms with Crippen LogP contribution in [0.4, 0.5) is 11.8 Å². The second-order valence-electron chi connectivity index (χ2n) is 4.90. The number of aromatic nitrogens is 2. The number of rotatable bonds is 2. The van der Waals surface area contributed by atoms with Crippen LogP contribution in [-0.2, 0) is 4.74 Å². The van der Waals surface area contributed by atoms with E-state index in [9.17, 15) is 4.79 Å². The summed E-state index contributed by atoms with van der Waals surface area (Å²) in [4.78, 5) is 21.7. The topological polar surface area (TPSA) is 102 Å². The lowest BCUT2D eigenvalue weighted by atomic mass is 10.1. The molecule has 3 N–H and O–H groups in total. The van der Waals surface area contributed by atoms with Gasteiger partial charge in [0.25, 0.3) is 0 Å². The molecule has 7 nitrogen and oxygen atoms in total. The average molecular weight is 288 g/mol. The molecule has 110 valence electrons. The molecule has 0 aliphatic carbocycles. The highest BCUT2D eigenvalue weighted by molar-refractivity contribution is 5.97. The largest absolute Gasteiger partial charge is 0.478 e. The maximum atomic E-state index is 11.2. The van der Waals surface area contributed by atoms with Crippen molar-refractivity contribution in [3.63, 3.8) is 0 Å². The number of nitrogens with two attached hydrogens (primary N) is 1. The molecule has 3 rings (SSSR count). The zero-order valence-corrected chi connectivity index (χ0v) is 11.5. The van der Waals surface area contributed by atoms with Crippen molar-refractivity contribution in [2.45, 2.75) is 6.42 Å². The molecule has 0 unspecified atom stereocenters. The van der Waals surface area contributed by atoms with Crippen molar-refractivity contribution in [3.05, 3.63) is 23.8 Å². The highest BCUT2D eigenvalue weighted by Gasteiger charge is 2.17. The Morgan fingerprint density at radius 1 is 1.29 bits per heavy atom. The molecule has 7 heteroatoms. The Morgan fingerprint density at radius 2 is 2.14 bits per heavy atom. The van der Waals surface area contributed by atoms with Gasteiger partial charge in [-0.25, -0.2) is 9.78 Å². The first kappa shape index (κ1) is 13.6. The van der Waals surface area contributed by atoms with Gasteiger partial charge in [-0.15, -0.1) is 0 Å². The van der Waals surface area contributed by atoms with Gasteiger partial charge >= 0.3 is 5.97 Å². The number of ether oxygens (including phenoxy) is 1. The predicted octanol–water partition coefficient (Wildman–Crippen LogP) is 1.14. The Morgan fingerprint density at radius 3 is 2.95 bits per heavy atom. The van der Waals surface area contributed by atoms with E-state index in [1.165, 1.54) is 6.07 Å². The predicted molar refractivity (Wildman–Crippen MR) is 78.6 cm³/mol. The first-order valence-corrected chi connectivity index (χ1v) is 6.78. The number of hydrogen-bond donors (Lipinski definition) is 2. The molecule has 1 aromatic heterocycles. The number of carboxylic acid groups (broad SMARTS) is 1. The first-order chi connectivity index (χ1) is 10.1. The van der Waals surface area contributed by atoms with E-state index in [0.29, 0.717) is 29.9 Å². The van der Waals surface area contributed by atoms with E-state index < -0.39 is 5.97 Å². The van der Waals surface area contributed by atoms with Crippen LogP contribution in [0.15, 0.2) is 18.2 Å². The van der Waals surface area contributed by atoms with Crippen LogP contribution in [-0.4, -0.2) is 47.3 Å². The molecule has 21 heavy (non-hydrogen) atoms. The van der Waals surface area contributed by atoms with Gasteiger partial charge in [-0.1, -0.05) is 0 Å². The minimum atomic E-state index is -0.973. The number of nitrogen functional groups attached to an aromatic ring is 1. The number of aromatic carboxylic acids is 1. The lowest BCUT2D eigenvalue weighted by molar-refractivity contribution is 0.0697. The van der Waals surface area contributed by atoms with E-state index in [4.69, 9.17) is 15.6 Å². The molecule has 0 bridgehead atoms. The van der Waals surface area contributed by atoms with Gasteiger partial charge in [0.05, 0.1) is 17.7 Å². The molecule has 0 radical (unpaired) electrons. The highest BCUT2D eigenvalue weighted by atomic mass is 16.5. The van der Waals surface area contributed by atoms with Gasteiger partial charge in [0.1, 0.15) is 5.82 Å². The number of fused-ring (bicyclic) bond motifs is 1. The molecule has 0 amide bonds. The lowest BCUT2D eigenvalue weighted by Crippen LogP contribution is -2.27. The van der Waals surface area contributed by atoms with Gasteiger partial charge in [0.2, 0.25) is 5.95 Å². The molecule has 1 aliphatic heterocycles. The van der Waals surface area contributed by atoms with Crippen molar-refractivity contribution in [3.8, 4) is 0 Å². The van der Waals surface area contributed by atoms with Gasteiger partial charge in [-0.2, -0.15) is 4.98 Å². The van der Waals surface area contributed by atoms with E-state index >= 15 is 0 Å². The lowest BCUT2D eigenvalue weighted by Gasteiger charge is -2.22. The highest BCUT2D eigenvalue weighted by Crippen LogP contribution is 2.26. The molecule has 1 aromatic carbocycles. The molecule has 0 spiro atoms. The van der Waals surface area contributed by atoms with Crippen molar-refractivity contribution in [1.82, 2.24) is 9.97 Å². The minimum absolute atomic E-state index is 0.186. The fraction of sp³-hybridized carbons (Fsp3) is 0.357. The summed E-state index contributed by atoms with van der Waals surface area (Å²) in [5.41, 5.74) is 6.63. The Hall–Kier alpha value is -2.41. The smallest absolute Gasteiger partial charge is 0.335 e. The normalized spacial score (nSPS) is 15.9. The third-order valence-corrected chi connectivity index (χ3v) is 3.46. The summed E-state index contributed by atoms with van der Waals surface area (Å²) >= 11 is 0. The van der Waals surface area contributed by atoms with E-state index in [1.807, 2.05) is 0 Å². The second-order valence-corrected chi connectivity index (χ2v) is 4.90. The van der Waals surface area contributed by atoms with Crippen molar-refractivity contribution < 1.29 is 14.6 Å². The molecule has 1 aliphatic rings. The summed E-state index contributed by atoms with van der Waals surface area (Å²) in [5.74, 6) is -0.115. The molecule has 2 aromatic rings. The molecule has 0 saturated carbocycles. The van der Waals surface area contributed by atoms with Gasteiger partial charge in [0.15, 0.2) is 0 Å². The summed E-state index contributed by atoms with van der Waals surface area (Å²) in [6.45, 7) is 2.82. The number of carboxylic acids is 1. The zero-order valence-electron chi connectivity index (χ0n) is 11.5. The van der Waals surface area contributed by atoms with Crippen molar-refractivity contribution in [2.75, 3.05) is 36.9 Å². The van der Waals surface area contributed by atoms with E-state index in [-0.39, 0.29) is 11.5 Å². The van der Waals surface area contributed by atoms with Gasteiger partial charge in [-0.05, 0) is 24.6 Å². The summed E-state index contributed by atoms with van der Waals surface area (Å²) < 4.78 is 5.44. The van der Waals surface area contributed by atoms with Crippen LogP contribution in [0.3, 0.4) is 0 Å². The summed E-state index contributed by atoms with van der Waals surface area (Å²) in [6, 6.07) is 4.78. The van der Waals surface area contributed by atoms with Crippen LogP contribution in [0.5, 0.6) is 0 Å². The molecule has 1 saturated heterocycles. The standard InChI is InChI=1S/C14H16N4O3/c15-14-16-11-3-2-9(13(19)20)8-10(11)12(17-14)18-4-1-6-21-7-5-18/h2-3,8H,1,4-7H2,(H,19,20)(H2,15,16,17). The van der Waals surface area contributed by atoms with Gasteiger partial charge in [0, 0.05) is 25.1 Å². The average Bonchev–Trinajstić information content (AvgIpc) is 2.74. The van der Waals surface area contributed by atoms with E-state index in [1.54, 1.807) is 12.1 Å². The molecular formula is C14H16N4O3. The summed E-state index contributed by atoms with van der Waals surface area (Å²) in [5, 5.41) is 9.85. The number of carbonyl (C=O) groups is 1. The Labute approximate surface area is 121 Å². The first-order valence-electron chi connectivity index (χ1n) is 6.78. The van der Waals surface area contributed by atoms with E-state index in [0.717, 1.165) is 19.6 Å². The number of benzene rings is 1. The fourth-order valence-corrected chi connectivity index (χ4v) is 2.46. The van der Waals surface area contributed by atoms with E-state index in [2.05, 4.69) is 14.9 Å². The van der Waals surface area contributed by atoms with Crippen LogP contribution in [0.2, 0.25) is 0 Å². The Bertz CT molecular complexity index is 681. The number of anilines is 2. The zero-order chi connectivity index (χ0) is 14.8. The van der Waals surface area contributed by atoms with Crippen LogP contribution < -0.4 is 10.6 Å². The quantitative estimate of drug-likeness (QED) is 0.854. The third kappa shape index (κ3) is 2.73. The minimum Gasteiger partial charge on any atom is -0.478 e. The second kappa shape index (κ2) is 5.53. The monoisotopic (exact) mass is 288 g/mol. The molecular weight excluding hydrogens is 272 g/mol. The van der Waals surface area contributed by atoms with Crippen molar-refractivity contribution in [1.29, 1.82) is 0 Å².